The van der Waals surface area contributed by atoms with E-state index in [2.05, 4.69) is 15.2 Å². The lowest BCUT2D eigenvalue weighted by Crippen LogP contribution is -2.51. The fourth-order valence-corrected chi connectivity index (χ4v) is 2.95. The van der Waals surface area contributed by atoms with Crippen molar-refractivity contribution in [1.82, 2.24) is 20.1 Å². The number of nitrogens with one attached hydrogen (secondary N) is 1. The van der Waals surface area contributed by atoms with Crippen LogP contribution in [0.2, 0.25) is 5.02 Å². The van der Waals surface area contributed by atoms with Gasteiger partial charge < -0.3 is 15.0 Å². The number of piperazine rings is 1. The molecule has 0 radical (unpaired) electrons. The summed E-state index contributed by atoms with van der Waals surface area (Å²) in [5, 5.41) is 3.30. The summed E-state index contributed by atoms with van der Waals surface area (Å²) in [4.78, 5) is 32.6. The Bertz CT molecular complexity index is 643. The highest BCUT2D eigenvalue weighted by Gasteiger charge is 2.27. The number of halogens is 1. The first-order valence-electron chi connectivity index (χ1n) is 8.67. The lowest BCUT2D eigenvalue weighted by Gasteiger charge is -2.34. The number of carbonyl (C=O) groups is 2. The number of aromatic nitrogens is 1. The van der Waals surface area contributed by atoms with Crippen LogP contribution in [0, 0.1) is 0 Å². The van der Waals surface area contributed by atoms with E-state index in [-0.39, 0.29) is 17.5 Å². The van der Waals surface area contributed by atoms with E-state index in [1.54, 1.807) is 17.0 Å². The first kappa shape index (κ1) is 17.9. The van der Waals surface area contributed by atoms with Crippen LogP contribution in [0.5, 0.6) is 5.88 Å². The third-order valence-electron chi connectivity index (χ3n) is 4.28. The number of amides is 2. The Morgan fingerprint density at radius 2 is 2.00 bits per heavy atom. The van der Waals surface area contributed by atoms with Gasteiger partial charge in [0.25, 0.3) is 5.91 Å². The minimum atomic E-state index is -0.200. The zero-order valence-corrected chi connectivity index (χ0v) is 15.1. The smallest absolute Gasteiger partial charge is 0.274 e. The van der Waals surface area contributed by atoms with Gasteiger partial charge in [-0.3, -0.25) is 14.5 Å². The molecule has 0 aromatic carbocycles. The average molecular weight is 367 g/mol. The SMILES string of the molecule is CCOc1ccc(Cl)c(C(=O)N2CCN(CC(=O)NC3CC3)CC2)n1. The Balaban J connectivity index is 1.54. The summed E-state index contributed by atoms with van der Waals surface area (Å²) in [6.45, 7) is 5.13. The van der Waals surface area contributed by atoms with Gasteiger partial charge in [0.2, 0.25) is 11.8 Å². The summed E-state index contributed by atoms with van der Waals surface area (Å²) in [5.41, 5.74) is 0.215. The van der Waals surface area contributed by atoms with Gasteiger partial charge in [0.05, 0.1) is 18.2 Å². The van der Waals surface area contributed by atoms with E-state index in [1.165, 1.54) is 0 Å². The molecule has 1 saturated carbocycles. The maximum Gasteiger partial charge on any atom is 0.274 e. The van der Waals surface area contributed by atoms with Crippen LogP contribution in [0.15, 0.2) is 12.1 Å². The van der Waals surface area contributed by atoms with Gasteiger partial charge in [-0.05, 0) is 25.8 Å². The lowest BCUT2D eigenvalue weighted by molar-refractivity contribution is -0.122. The Labute approximate surface area is 152 Å². The van der Waals surface area contributed by atoms with Gasteiger partial charge in [-0.15, -0.1) is 0 Å². The van der Waals surface area contributed by atoms with Crippen molar-refractivity contribution in [1.29, 1.82) is 0 Å². The number of hydrogen-bond donors (Lipinski definition) is 1. The number of ether oxygens (including phenoxy) is 1. The van der Waals surface area contributed by atoms with Crippen molar-refractivity contribution in [3.63, 3.8) is 0 Å². The molecule has 1 aliphatic heterocycles. The molecule has 1 aromatic heterocycles. The molecule has 2 heterocycles. The molecule has 1 N–H and O–H groups in total. The van der Waals surface area contributed by atoms with Crippen LogP contribution in [0.1, 0.15) is 30.3 Å². The number of pyridine rings is 1. The van der Waals surface area contributed by atoms with E-state index in [0.29, 0.717) is 56.3 Å². The lowest BCUT2D eigenvalue weighted by atomic mass is 10.2. The fraction of sp³-hybridized carbons (Fsp3) is 0.588. The first-order valence-corrected chi connectivity index (χ1v) is 9.05. The molecular weight excluding hydrogens is 344 g/mol. The normalized spacial score (nSPS) is 18.1. The maximum atomic E-state index is 12.7. The van der Waals surface area contributed by atoms with Crippen LogP contribution in [0.4, 0.5) is 0 Å². The van der Waals surface area contributed by atoms with Crippen LogP contribution in [-0.4, -0.2) is 72.0 Å². The standard InChI is InChI=1S/C17H23ClN4O3/c1-2-25-15-6-5-13(18)16(20-15)17(24)22-9-7-21(8-10-22)11-14(23)19-12-3-4-12/h5-6,12H,2-4,7-11H2,1H3,(H,19,23). The van der Waals surface area contributed by atoms with E-state index < -0.39 is 0 Å². The van der Waals surface area contributed by atoms with Gasteiger partial charge in [0.1, 0.15) is 0 Å². The molecule has 136 valence electrons. The van der Waals surface area contributed by atoms with E-state index in [1.807, 2.05) is 6.92 Å². The highest BCUT2D eigenvalue weighted by molar-refractivity contribution is 6.33. The molecule has 2 aliphatic rings. The average Bonchev–Trinajstić information content (AvgIpc) is 3.41. The summed E-state index contributed by atoms with van der Waals surface area (Å²) < 4.78 is 5.34. The molecule has 1 aliphatic carbocycles. The van der Waals surface area contributed by atoms with Crippen LogP contribution in [0.25, 0.3) is 0 Å². The molecule has 0 bridgehead atoms. The Kier molecular flexibility index (Phi) is 5.75. The Morgan fingerprint density at radius 3 is 2.64 bits per heavy atom. The van der Waals surface area contributed by atoms with Crippen LogP contribution >= 0.6 is 11.6 Å². The van der Waals surface area contributed by atoms with E-state index in [9.17, 15) is 9.59 Å². The molecular formula is C17H23ClN4O3. The molecule has 0 unspecified atom stereocenters. The predicted molar refractivity (Wildman–Crippen MR) is 93.9 cm³/mol. The van der Waals surface area contributed by atoms with E-state index in [4.69, 9.17) is 16.3 Å². The summed E-state index contributed by atoms with van der Waals surface area (Å²) in [6, 6.07) is 3.66. The van der Waals surface area contributed by atoms with Crippen molar-refractivity contribution in [2.75, 3.05) is 39.3 Å². The second kappa shape index (κ2) is 8.01. The van der Waals surface area contributed by atoms with Gasteiger partial charge >= 0.3 is 0 Å². The van der Waals surface area contributed by atoms with Crippen LogP contribution in [-0.2, 0) is 4.79 Å². The number of hydrogen-bond acceptors (Lipinski definition) is 5. The third kappa shape index (κ3) is 4.83. The quantitative estimate of drug-likeness (QED) is 0.818. The number of rotatable bonds is 6. The zero-order chi connectivity index (χ0) is 17.8. The number of nitrogens with zero attached hydrogens (tertiary/aromatic N) is 3. The van der Waals surface area contributed by atoms with Crippen molar-refractivity contribution in [3.05, 3.63) is 22.8 Å². The van der Waals surface area contributed by atoms with Crippen LogP contribution < -0.4 is 10.1 Å². The topological polar surface area (TPSA) is 74.8 Å². The first-order chi connectivity index (χ1) is 12.1. The molecule has 2 amide bonds. The molecule has 1 saturated heterocycles. The highest BCUT2D eigenvalue weighted by Crippen LogP contribution is 2.21. The predicted octanol–water partition coefficient (Wildman–Crippen LogP) is 1.17. The molecule has 0 spiro atoms. The van der Waals surface area contributed by atoms with Crippen molar-refractivity contribution in [3.8, 4) is 5.88 Å². The Morgan fingerprint density at radius 1 is 1.28 bits per heavy atom. The third-order valence-corrected chi connectivity index (χ3v) is 4.59. The van der Waals surface area contributed by atoms with Crippen LogP contribution in [0.3, 0.4) is 0 Å². The summed E-state index contributed by atoms with van der Waals surface area (Å²) >= 11 is 6.13. The van der Waals surface area contributed by atoms with E-state index in [0.717, 1.165) is 12.8 Å². The molecule has 1 aromatic rings. The van der Waals surface area contributed by atoms with E-state index >= 15 is 0 Å². The highest BCUT2D eigenvalue weighted by atomic mass is 35.5. The summed E-state index contributed by atoms with van der Waals surface area (Å²) in [5.74, 6) is 0.260. The molecule has 0 atom stereocenters. The van der Waals surface area contributed by atoms with Gasteiger partial charge in [0.15, 0.2) is 5.69 Å². The minimum Gasteiger partial charge on any atom is -0.478 e. The molecule has 7 nitrogen and oxygen atoms in total. The molecule has 2 fully saturated rings. The van der Waals surface area contributed by atoms with Crippen molar-refractivity contribution in [2.24, 2.45) is 0 Å². The van der Waals surface area contributed by atoms with Crippen molar-refractivity contribution >= 4 is 23.4 Å². The summed E-state index contributed by atoms with van der Waals surface area (Å²) in [7, 11) is 0. The second-order valence-electron chi connectivity index (χ2n) is 6.32. The monoisotopic (exact) mass is 366 g/mol. The van der Waals surface area contributed by atoms with Gasteiger partial charge in [0, 0.05) is 38.3 Å². The molecule has 8 heteroatoms. The fourth-order valence-electron chi connectivity index (χ4n) is 2.77. The van der Waals surface area contributed by atoms with Gasteiger partial charge in [-0.25, -0.2) is 4.98 Å². The second-order valence-corrected chi connectivity index (χ2v) is 6.73. The Hall–Kier alpha value is -1.86. The number of carbonyl (C=O) groups excluding carboxylic acids is 2. The van der Waals surface area contributed by atoms with Crippen molar-refractivity contribution < 1.29 is 14.3 Å². The summed E-state index contributed by atoms with van der Waals surface area (Å²) in [6.07, 6.45) is 2.17. The minimum absolute atomic E-state index is 0.0661. The van der Waals surface area contributed by atoms with Gasteiger partial charge in [-0.1, -0.05) is 11.6 Å². The molecule has 25 heavy (non-hydrogen) atoms. The molecule has 3 rings (SSSR count). The zero-order valence-electron chi connectivity index (χ0n) is 14.3. The van der Waals surface area contributed by atoms with Gasteiger partial charge in [-0.2, -0.15) is 0 Å². The maximum absolute atomic E-state index is 12.7. The largest absolute Gasteiger partial charge is 0.478 e. The van der Waals surface area contributed by atoms with Crippen molar-refractivity contribution in [2.45, 2.75) is 25.8 Å².